The molecule has 1 aliphatic rings. The van der Waals surface area contributed by atoms with Gasteiger partial charge in [-0.25, -0.2) is 0 Å². The molecule has 0 fully saturated rings. The summed E-state index contributed by atoms with van der Waals surface area (Å²) in [6.45, 7) is 3.84. The van der Waals surface area contributed by atoms with Crippen molar-refractivity contribution in [2.24, 2.45) is 5.92 Å². The number of fused-ring (bicyclic) bond motifs is 3. The van der Waals surface area contributed by atoms with Crippen LogP contribution in [0.5, 0.6) is 5.75 Å². The monoisotopic (exact) mass is 284 g/mol. The lowest BCUT2D eigenvalue weighted by molar-refractivity contribution is -0.159. The average molecular weight is 284 g/mol. The van der Waals surface area contributed by atoms with Gasteiger partial charge in [-0.2, -0.15) is 0 Å². The van der Waals surface area contributed by atoms with Crippen molar-refractivity contribution in [2.45, 2.75) is 19.8 Å². The third-order valence-corrected chi connectivity index (χ3v) is 3.89. The molecule has 21 heavy (non-hydrogen) atoms. The Morgan fingerprint density at radius 2 is 2.00 bits per heavy atom. The van der Waals surface area contributed by atoms with Crippen LogP contribution in [-0.2, 0) is 14.3 Å². The normalized spacial score (nSPS) is 20.8. The van der Waals surface area contributed by atoms with Gasteiger partial charge in [0.1, 0.15) is 5.75 Å². The van der Waals surface area contributed by atoms with Gasteiger partial charge in [-0.15, -0.1) is 0 Å². The van der Waals surface area contributed by atoms with Crippen LogP contribution in [0.1, 0.15) is 25.3 Å². The topological polar surface area (TPSA) is 52.6 Å². The highest BCUT2D eigenvalue weighted by atomic mass is 16.6. The fourth-order valence-corrected chi connectivity index (χ4v) is 2.91. The first-order chi connectivity index (χ1) is 10.1. The second-order valence-corrected chi connectivity index (χ2v) is 5.14. The number of esters is 2. The van der Waals surface area contributed by atoms with Gasteiger partial charge in [0.05, 0.1) is 6.61 Å². The maximum atomic E-state index is 12.1. The van der Waals surface area contributed by atoms with Crippen molar-refractivity contribution in [2.75, 3.05) is 6.61 Å². The van der Waals surface area contributed by atoms with Gasteiger partial charge >= 0.3 is 11.9 Å². The van der Waals surface area contributed by atoms with E-state index in [0.29, 0.717) is 5.75 Å². The molecule has 1 aliphatic heterocycles. The highest BCUT2D eigenvalue weighted by molar-refractivity contribution is 6.01. The van der Waals surface area contributed by atoms with Crippen LogP contribution in [0.15, 0.2) is 36.4 Å². The Bertz CT molecular complexity index is 720. The van der Waals surface area contributed by atoms with Crippen molar-refractivity contribution in [3.63, 3.8) is 0 Å². The summed E-state index contributed by atoms with van der Waals surface area (Å²) in [6, 6.07) is 11.6. The second kappa shape index (κ2) is 5.20. The number of carbonyl (C=O) groups is 2. The molecule has 4 nitrogen and oxygen atoms in total. The van der Waals surface area contributed by atoms with Gasteiger partial charge < -0.3 is 9.47 Å². The van der Waals surface area contributed by atoms with Crippen molar-refractivity contribution >= 4 is 22.7 Å². The maximum Gasteiger partial charge on any atom is 0.326 e. The molecule has 0 amide bonds. The van der Waals surface area contributed by atoms with E-state index in [1.165, 1.54) is 0 Å². The number of hydrogen-bond acceptors (Lipinski definition) is 4. The number of ether oxygens (including phenoxy) is 2. The average Bonchev–Trinajstić information content (AvgIpc) is 2.46. The van der Waals surface area contributed by atoms with Gasteiger partial charge in [-0.1, -0.05) is 37.3 Å². The SMILES string of the molecule is CCOC(=O)C1C(=O)Oc2ccc3ccccc3c2C1C. The van der Waals surface area contributed by atoms with E-state index in [1.54, 1.807) is 13.0 Å². The molecule has 4 heteroatoms. The Morgan fingerprint density at radius 1 is 1.24 bits per heavy atom. The van der Waals surface area contributed by atoms with Crippen LogP contribution in [0, 0.1) is 5.92 Å². The molecule has 3 rings (SSSR count). The van der Waals surface area contributed by atoms with Crippen LogP contribution in [0.2, 0.25) is 0 Å². The minimum absolute atomic E-state index is 0.248. The van der Waals surface area contributed by atoms with E-state index in [4.69, 9.17) is 9.47 Å². The Kier molecular flexibility index (Phi) is 3.37. The van der Waals surface area contributed by atoms with Gasteiger partial charge in [0.25, 0.3) is 0 Å². The Hall–Kier alpha value is -2.36. The van der Waals surface area contributed by atoms with Gasteiger partial charge in [-0.3, -0.25) is 9.59 Å². The van der Waals surface area contributed by atoms with E-state index in [-0.39, 0.29) is 12.5 Å². The maximum absolute atomic E-state index is 12.1. The molecule has 2 aromatic rings. The highest BCUT2D eigenvalue weighted by Crippen LogP contribution is 2.42. The minimum atomic E-state index is -0.900. The van der Waals surface area contributed by atoms with Crippen LogP contribution >= 0.6 is 0 Å². The van der Waals surface area contributed by atoms with Crippen LogP contribution < -0.4 is 4.74 Å². The summed E-state index contributed by atoms with van der Waals surface area (Å²) in [5, 5.41) is 2.06. The van der Waals surface area contributed by atoms with E-state index >= 15 is 0 Å². The quantitative estimate of drug-likeness (QED) is 0.483. The molecule has 0 aliphatic carbocycles. The van der Waals surface area contributed by atoms with Crippen molar-refractivity contribution in [1.29, 1.82) is 0 Å². The van der Waals surface area contributed by atoms with Crippen LogP contribution in [0.3, 0.4) is 0 Å². The summed E-state index contributed by atoms with van der Waals surface area (Å²) >= 11 is 0. The molecule has 108 valence electrons. The van der Waals surface area contributed by atoms with E-state index in [0.717, 1.165) is 16.3 Å². The molecule has 2 atom stereocenters. The number of carbonyl (C=O) groups excluding carboxylic acids is 2. The van der Waals surface area contributed by atoms with Crippen LogP contribution in [-0.4, -0.2) is 18.5 Å². The first kappa shape index (κ1) is 13.6. The third-order valence-electron chi connectivity index (χ3n) is 3.89. The van der Waals surface area contributed by atoms with E-state index in [1.807, 2.05) is 37.3 Å². The summed E-state index contributed by atoms with van der Waals surface area (Å²) < 4.78 is 10.4. The van der Waals surface area contributed by atoms with E-state index in [2.05, 4.69) is 0 Å². The van der Waals surface area contributed by atoms with Crippen LogP contribution in [0.25, 0.3) is 10.8 Å². The summed E-state index contributed by atoms with van der Waals surface area (Å²) in [5.74, 6) is -1.70. The summed E-state index contributed by atoms with van der Waals surface area (Å²) in [4.78, 5) is 24.1. The van der Waals surface area contributed by atoms with Gasteiger partial charge in [-0.05, 0) is 23.8 Å². The third kappa shape index (κ3) is 2.17. The molecule has 0 bridgehead atoms. The standard InChI is InChI=1S/C17H16O4/c1-3-20-16(18)15-10(2)14-12-7-5-4-6-11(12)8-9-13(14)21-17(15)19/h4-10,15H,3H2,1-2H3. The Morgan fingerprint density at radius 3 is 2.76 bits per heavy atom. The highest BCUT2D eigenvalue weighted by Gasteiger charge is 2.42. The predicted molar refractivity (Wildman–Crippen MR) is 78.1 cm³/mol. The predicted octanol–water partition coefficient (Wildman–Crippen LogP) is 3.04. The minimum Gasteiger partial charge on any atom is -0.465 e. The van der Waals surface area contributed by atoms with Gasteiger partial charge in [0, 0.05) is 11.5 Å². The lowest BCUT2D eigenvalue weighted by atomic mass is 9.82. The fraction of sp³-hybridized carbons (Fsp3) is 0.294. The number of benzene rings is 2. The van der Waals surface area contributed by atoms with Crippen molar-refractivity contribution in [1.82, 2.24) is 0 Å². The van der Waals surface area contributed by atoms with Crippen molar-refractivity contribution < 1.29 is 19.1 Å². The van der Waals surface area contributed by atoms with Crippen molar-refractivity contribution in [3.05, 3.63) is 42.0 Å². The molecule has 0 aromatic heterocycles. The lowest BCUT2D eigenvalue weighted by Crippen LogP contribution is -2.37. The molecule has 0 spiro atoms. The van der Waals surface area contributed by atoms with E-state index < -0.39 is 17.9 Å². The zero-order valence-corrected chi connectivity index (χ0v) is 12.0. The molecule has 0 saturated carbocycles. The fourth-order valence-electron chi connectivity index (χ4n) is 2.91. The van der Waals surface area contributed by atoms with Gasteiger partial charge in [0.15, 0.2) is 5.92 Å². The zero-order valence-electron chi connectivity index (χ0n) is 12.0. The summed E-state index contributed by atoms with van der Waals surface area (Å²) in [6.07, 6.45) is 0. The molecule has 0 saturated heterocycles. The molecule has 1 heterocycles. The molecular weight excluding hydrogens is 268 g/mol. The second-order valence-electron chi connectivity index (χ2n) is 5.14. The number of rotatable bonds is 2. The van der Waals surface area contributed by atoms with E-state index in [9.17, 15) is 9.59 Å². The van der Waals surface area contributed by atoms with Gasteiger partial charge in [0.2, 0.25) is 0 Å². The Balaban J connectivity index is 2.14. The molecular formula is C17H16O4. The smallest absolute Gasteiger partial charge is 0.326 e. The first-order valence-corrected chi connectivity index (χ1v) is 7.03. The largest absolute Gasteiger partial charge is 0.465 e. The van der Waals surface area contributed by atoms with Crippen molar-refractivity contribution in [3.8, 4) is 5.75 Å². The number of hydrogen-bond donors (Lipinski definition) is 0. The first-order valence-electron chi connectivity index (χ1n) is 7.03. The molecule has 2 aromatic carbocycles. The summed E-state index contributed by atoms with van der Waals surface area (Å²) in [5.41, 5.74) is 0.894. The Labute approximate surface area is 122 Å². The lowest BCUT2D eigenvalue weighted by Gasteiger charge is -2.29. The molecule has 0 N–H and O–H groups in total. The zero-order chi connectivity index (χ0) is 15.0. The van der Waals surface area contributed by atoms with Crippen LogP contribution in [0.4, 0.5) is 0 Å². The molecule has 0 radical (unpaired) electrons. The molecule has 2 unspecified atom stereocenters. The summed E-state index contributed by atoms with van der Waals surface area (Å²) in [7, 11) is 0.